The summed E-state index contributed by atoms with van der Waals surface area (Å²) in [5, 5.41) is 11.8. The highest BCUT2D eigenvalue weighted by molar-refractivity contribution is 5.82. The molecule has 0 saturated heterocycles. The van der Waals surface area contributed by atoms with Gasteiger partial charge >= 0.3 is 12.0 Å². The highest BCUT2D eigenvalue weighted by Gasteiger charge is 2.33. The molecule has 1 rings (SSSR count). The lowest BCUT2D eigenvalue weighted by Crippen LogP contribution is -2.49. The number of urea groups is 1. The van der Waals surface area contributed by atoms with Gasteiger partial charge in [0.25, 0.3) is 0 Å². The largest absolute Gasteiger partial charge is 0.480 e. The number of hydrogen-bond acceptors (Lipinski definition) is 2. The Kier molecular flexibility index (Phi) is 6.67. The minimum Gasteiger partial charge on any atom is -0.480 e. The van der Waals surface area contributed by atoms with Gasteiger partial charge in [0, 0.05) is 12.6 Å². The van der Waals surface area contributed by atoms with Crippen molar-refractivity contribution in [1.29, 1.82) is 0 Å². The van der Waals surface area contributed by atoms with Gasteiger partial charge in [0.2, 0.25) is 0 Å². The van der Waals surface area contributed by atoms with Gasteiger partial charge in [0.1, 0.15) is 6.04 Å². The minimum atomic E-state index is -0.937. The van der Waals surface area contributed by atoms with Crippen LogP contribution in [0.5, 0.6) is 0 Å². The molecule has 0 heterocycles. The molecule has 1 atom stereocenters. The first-order chi connectivity index (χ1) is 9.10. The van der Waals surface area contributed by atoms with Crippen LogP contribution in [0.25, 0.3) is 0 Å². The third-order valence-corrected chi connectivity index (χ3v) is 3.44. The topological polar surface area (TPSA) is 69.6 Å². The quantitative estimate of drug-likeness (QED) is 0.676. The van der Waals surface area contributed by atoms with Gasteiger partial charge in [-0.05, 0) is 25.7 Å². The Balaban J connectivity index is 2.49. The van der Waals surface area contributed by atoms with Crippen molar-refractivity contribution >= 4 is 12.0 Å². The van der Waals surface area contributed by atoms with Gasteiger partial charge in [-0.15, -0.1) is 0 Å². The lowest BCUT2D eigenvalue weighted by Gasteiger charge is -2.25. The summed E-state index contributed by atoms with van der Waals surface area (Å²) >= 11 is 0. The molecule has 0 aliphatic heterocycles. The van der Waals surface area contributed by atoms with Crippen molar-refractivity contribution in [1.82, 2.24) is 10.2 Å². The van der Waals surface area contributed by atoms with Gasteiger partial charge in [-0.3, -0.25) is 0 Å². The molecule has 0 unspecified atom stereocenters. The standard InChI is InChI=1S/C14H26N2O3/c1-3-5-7-12(13(17)18)15-14(19)16(10-6-4-2)11-8-9-11/h11-12H,3-10H2,1-2H3,(H,15,19)(H,17,18)/t12-/m0/s1. The number of carbonyl (C=O) groups is 2. The van der Waals surface area contributed by atoms with E-state index in [-0.39, 0.29) is 6.03 Å². The summed E-state index contributed by atoms with van der Waals surface area (Å²) in [6.45, 7) is 4.83. The summed E-state index contributed by atoms with van der Waals surface area (Å²) in [6, 6.07) is -0.637. The molecule has 1 aliphatic rings. The second-order valence-electron chi connectivity index (χ2n) is 5.26. The average molecular weight is 270 g/mol. The zero-order valence-corrected chi connectivity index (χ0v) is 12.0. The molecule has 1 saturated carbocycles. The molecule has 0 aromatic carbocycles. The van der Waals surface area contributed by atoms with Crippen LogP contribution in [0.4, 0.5) is 4.79 Å². The fourth-order valence-electron chi connectivity index (χ4n) is 2.06. The highest BCUT2D eigenvalue weighted by atomic mass is 16.4. The van der Waals surface area contributed by atoms with Crippen molar-refractivity contribution in [3.05, 3.63) is 0 Å². The average Bonchev–Trinajstić information content (AvgIpc) is 3.19. The van der Waals surface area contributed by atoms with E-state index in [1.54, 1.807) is 0 Å². The Labute approximate surface area is 115 Å². The normalized spacial score (nSPS) is 15.9. The van der Waals surface area contributed by atoms with E-state index >= 15 is 0 Å². The molecule has 0 spiro atoms. The molecule has 1 aliphatic carbocycles. The smallest absolute Gasteiger partial charge is 0.326 e. The number of nitrogens with one attached hydrogen (secondary N) is 1. The first kappa shape index (κ1) is 15.8. The van der Waals surface area contributed by atoms with Crippen LogP contribution < -0.4 is 5.32 Å². The Hall–Kier alpha value is -1.26. The summed E-state index contributed by atoms with van der Waals surface area (Å²) in [5.41, 5.74) is 0. The van der Waals surface area contributed by atoms with Crippen LogP contribution in [-0.4, -0.2) is 40.6 Å². The fourth-order valence-corrected chi connectivity index (χ4v) is 2.06. The number of carboxylic acid groups (broad SMARTS) is 1. The van der Waals surface area contributed by atoms with Gasteiger partial charge in [-0.1, -0.05) is 33.1 Å². The molecule has 5 nitrogen and oxygen atoms in total. The molecule has 2 N–H and O–H groups in total. The summed E-state index contributed by atoms with van der Waals surface area (Å²) in [4.78, 5) is 25.1. The number of nitrogens with zero attached hydrogens (tertiary/aromatic N) is 1. The van der Waals surface area contributed by atoms with E-state index in [4.69, 9.17) is 5.11 Å². The number of amides is 2. The van der Waals surface area contributed by atoms with E-state index in [1.807, 2.05) is 11.8 Å². The van der Waals surface area contributed by atoms with E-state index in [0.29, 0.717) is 12.5 Å². The molecular weight excluding hydrogens is 244 g/mol. The van der Waals surface area contributed by atoms with Crippen molar-refractivity contribution in [3.8, 4) is 0 Å². The Morgan fingerprint density at radius 3 is 2.37 bits per heavy atom. The monoisotopic (exact) mass is 270 g/mol. The molecular formula is C14H26N2O3. The van der Waals surface area contributed by atoms with Crippen molar-refractivity contribution in [2.75, 3.05) is 6.54 Å². The van der Waals surface area contributed by atoms with Gasteiger partial charge in [0.15, 0.2) is 0 Å². The van der Waals surface area contributed by atoms with E-state index in [1.165, 1.54) is 0 Å². The summed E-state index contributed by atoms with van der Waals surface area (Å²) in [5.74, 6) is -0.937. The molecule has 0 radical (unpaired) electrons. The van der Waals surface area contributed by atoms with E-state index < -0.39 is 12.0 Å². The number of rotatable bonds is 9. The SMILES string of the molecule is CCCC[C@H](NC(=O)N(CCCC)C1CC1)C(=O)O. The number of unbranched alkanes of at least 4 members (excludes halogenated alkanes) is 2. The summed E-state index contributed by atoms with van der Waals surface area (Å²) < 4.78 is 0. The van der Waals surface area contributed by atoms with Crippen LogP contribution in [0.2, 0.25) is 0 Å². The lowest BCUT2D eigenvalue weighted by atomic mass is 10.1. The van der Waals surface area contributed by atoms with E-state index in [9.17, 15) is 9.59 Å². The third kappa shape index (κ3) is 5.49. The minimum absolute atomic E-state index is 0.209. The zero-order chi connectivity index (χ0) is 14.3. The molecule has 110 valence electrons. The first-order valence-electron chi connectivity index (χ1n) is 7.40. The second kappa shape index (κ2) is 8.02. The number of hydrogen-bond donors (Lipinski definition) is 2. The van der Waals surface area contributed by atoms with Crippen LogP contribution >= 0.6 is 0 Å². The molecule has 0 aromatic rings. The number of carbonyl (C=O) groups excluding carboxylic acids is 1. The van der Waals surface area contributed by atoms with Crippen molar-refractivity contribution in [3.63, 3.8) is 0 Å². The molecule has 19 heavy (non-hydrogen) atoms. The number of carboxylic acids is 1. The number of aliphatic carboxylic acids is 1. The first-order valence-corrected chi connectivity index (χ1v) is 7.40. The van der Waals surface area contributed by atoms with Gasteiger partial charge in [-0.25, -0.2) is 9.59 Å². The predicted octanol–water partition coefficient (Wildman–Crippen LogP) is 2.60. The maximum atomic E-state index is 12.2. The molecule has 5 heteroatoms. The van der Waals surface area contributed by atoms with E-state index in [0.717, 1.165) is 45.1 Å². The summed E-state index contributed by atoms with van der Waals surface area (Å²) in [6.07, 6.45) is 6.35. The maximum absolute atomic E-state index is 12.2. The van der Waals surface area contributed by atoms with Crippen molar-refractivity contribution in [2.45, 2.75) is 70.9 Å². The van der Waals surface area contributed by atoms with Crippen LogP contribution in [-0.2, 0) is 4.79 Å². The van der Waals surface area contributed by atoms with Crippen molar-refractivity contribution in [2.24, 2.45) is 0 Å². The Morgan fingerprint density at radius 1 is 1.26 bits per heavy atom. The Morgan fingerprint density at radius 2 is 1.89 bits per heavy atom. The second-order valence-corrected chi connectivity index (χ2v) is 5.26. The van der Waals surface area contributed by atoms with Crippen LogP contribution in [0.3, 0.4) is 0 Å². The molecule has 1 fully saturated rings. The van der Waals surface area contributed by atoms with Gasteiger partial charge < -0.3 is 15.3 Å². The Bertz CT molecular complexity index is 303. The van der Waals surface area contributed by atoms with Crippen LogP contribution in [0, 0.1) is 0 Å². The molecule has 0 bridgehead atoms. The molecule has 2 amide bonds. The zero-order valence-electron chi connectivity index (χ0n) is 12.0. The molecule has 0 aromatic heterocycles. The lowest BCUT2D eigenvalue weighted by molar-refractivity contribution is -0.139. The highest BCUT2D eigenvalue weighted by Crippen LogP contribution is 2.27. The predicted molar refractivity (Wildman–Crippen MR) is 74.1 cm³/mol. The van der Waals surface area contributed by atoms with E-state index in [2.05, 4.69) is 12.2 Å². The third-order valence-electron chi connectivity index (χ3n) is 3.44. The summed E-state index contributed by atoms with van der Waals surface area (Å²) in [7, 11) is 0. The van der Waals surface area contributed by atoms with Gasteiger partial charge in [-0.2, -0.15) is 0 Å². The van der Waals surface area contributed by atoms with Crippen molar-refractivity contribution < 1.29 is 14.7 Å². The maximum Gasteiger partial charge on any atom is 0.326 e. The fraction of sp³-hybridized carbons (Fsp3) is 0.857. The van der Waals surface area contributed by atoms with Crippen LogP contribution in [0.1, 0.15) is 58.8 Å². The van der Waals surface area contributed by atoms with Gasteiger partial charge in [0.05, 0.1) is 0 Å². The van der Waals surface area contributed by atoms with Crippen LogP contribution in [0.15, 0.2) is 0 Å².